The number of oxazole rings is 1. The van der Waals surface area contributed by atoms with Gasteiger partial charge in [0, 0.05) is 37.9 Å². The molecule has 0 N–H and O–H groups in total. The van der Waals surface area contributed by atoms with E-state index in [0.29, 0.717) is 28.5 Å². The lowest BCUT2D eigenvalue weighted by Gasteiger charge is -2.25. The van der Waals surface area contributed by atoms with Crippen LogP contribution in [0.3, 0.4) is 0 Å². The molecule has 1 amide bonds. The van der Waals surface area contributed by atoms with Crippen molar-refractivity contribution in [1.82, 2.24) is 14.9 Å². The molecule has 0 spiro atoms. The molecule has 2 aromatic heterocycles. The average Bonchev–Trinajstić information content (AvgIpc) is 3.56. The summed E-state index contributed by atoms with van der Waals surface area (Å²) >= 11 is 0. The van der Waals surface area contributed by atoms with E-state index in [1.165, 1.54) is 4.90 Å². The van der Waals surface area contributed by atoms with E-state index in [-0.39, 0.29) is 5.89 Å². The number of fused-ring (bicyclic) bond motifs is 1. The third-order valence-electron chi connectivity index (χ3n) is 6.93. The van der Waals surface area contributed by atoms with Crippen LogP contribution in [-0.4, -0.2) is 61.0 Å². The molecule has 0 radical (unpaired) electrons. The molecule has 1 aliphatic rings. The van der Waals surface area contributed by atoms with Gasteiger partial charge in [0.05, 0.1) is 11.3 Å². The summed E-state index contributed by atoms with van der Waals surface area (Å²) < 4.78 is 6.23. The SMILES string of the molecule is Cc1c(-c2ccccc2)c(N2CCC(N(C)C)C2)c2oc(C(=O)N(C)c3ccccn3)nc2c1C#N. The number of amides is 1. The number of likely N-dealkylation sites (N-methyl/N-ethyl adjacent to an activating group) is 1. The van der Waals surface area contributed by atoms with Crippen LogP contribution in [0.1, 0.15) is 28.2 Å². The van der Waals surface area contributed by atoms with Crippen molar-refractivity contribution in [1.29, 1.82) is 5.26 Å². The van der Waals surface area contributed by atoms with Crippen molar-refractivity contribution >= 4 is 28.5 Å². The first kappa shape index (κ1) is 23.5. The number of nitriles is 1. The third-order valence-corrected chi connectivity index (χ3v) is 6.93. The number of hydrogen-bond acceptors (Lipinski definition) is 7. The summed E-state index contributed by atoms with van der Waals surface area (Å²) in [6, 6.07) is 18.1. The Kier molecular flexibility index (Phi) is 6.17. The third kappa shape index (κ3) is 3.97. The molecule has 2 aromatic carbocycles. The highest BCUT2D eigenvalue weighted by molar-refractivity contribution is 6.07. The van der Waals surface area contributed by atoms with E-state index in [1.54, 1.807) is 25.4 Å². The van der Waals surface area contributed by atoms with Crippen molar-refractivity contribution in [2.24, 2.45) is 0 Å². The Hall–Kier alpha value is -4.22. The Balaban J connectivity index is 1.73. The van der Waals surface area contributed by atoms with Gasteiger partial charge in [0.2, 0.25) is 0 Å². The van der Waals surface area contributed by atoms with Gasteiger partial charge in [-0.05, 0) is 50.7 Å². The lowest BCUT2D eigenvalue weighted by Crippen LogP contribution is -2.31. The molecule has 5 rings (SSSR count). The van der Waals surface area contributed by atoms with Crippen LogP contribution in [0, 0.1) is 18.3 Å². The highest BCUT2D eigenvalue weighted by Gasteiger charge is 2.33. The van der Waals surface area contributed by atoms with Crippen molar-refractivity contribution < 1.29 is 9.21 Å². The summed E-state index contributed by atoms with van der Waals surface area (Å²) in [5.41, 5.74) is 4.93. The topological polar surface area (TPSA) is 89.5 Å². The molecule has 0 saturated carbocycles. The van der Waals surface area contributed by atoms with Crippen LogP contribution in [0.25, 0.3) is 22.2 Å². The highest BCUT2D eigenvalue weighted by Crippen LogP contribution is 2.44. The van der Waals surface area contributed by atoms with Gasteiger partial charge in [-0.2, -0.15) is 5.26 Å². The summed E-state index contributed by atoms with van der Waals surface area (Å²) in [7, 11) is 5.81. The van der Waals surface area contributed by atoms with E-state index in [4.69, 9.17) is 4.42 Å². The predicted molar refractivity (Wildman–Crippen MR) is 140 cm³/mol. The fourth-order valence-corrected chi connectivity index (χ4v) is 4.90. The molecular weight excluding hydrogens is 452 g/mol. The molecule has 1 aliphatic heterocycles. The second kappa shape index (κ2) is 9.44. The average molecular weight is 481 g/mol. The van der Waals surface area contributed by atoms with E-state index in [0.717, 1.165) is 41.9 Å². The number of aromatic nitrogens is 2. The summed E-state index contributed by atoms with van der Waals surface area (Å²) in [5, 5.41) is 10.1. The van der Waals surface area contributed by atoms with Crippen molar-refractivity contribution in [2.45, 2.75) is 19.4 Å². The van der Waals surface area contributed by atoms with Crippen LogP contribution < -0.4 is 9.80 Å². The van der Waals surface area contributed by atoms with Gasteiger partial charge in [-0.1, -0.05) is 36.4 Å². The summed E-state index contributed by atoms with van der Waals surface area (Å²) in [6.45, 7) is 3.59. The Labute approximate surface area is 210 Å². The Morgan fingerprint density at radius 2 is 1.89 bits per heavy atom. The van der Waals surface area contributed by atoms with Crippen molar-refractivity contribution in [2.75, 3.05) is 44.0 Å². The van der Waals surface area contributed by atoms with Gasteiger partial charge in [-0.3, -0.25) is 9.69 Å². The maximum Gasteiger partial charge on any atom is 0.315 e. The first-order valence-corrected chi connectivity index (χ1v) is 11.9. The van der Waals surface area contributed by atoms with E-state index < -0.39 is 5.91 Å². The molecule has 8 nitrogen and oxygen atoms in total. The molecule has 0 aliphatic carbocycles. The van der Waals surface area contributed by atoms with Gasteiger partial charge < -0.3 is 14.2 Å². The molecule has 1 unspecified atom stereocenters. The van der Waals surface area contributed by atoms with Gasteiger partial charge >= 0.3 is 5.91 Å². The van der Waals surface area contributed by atoms with E-state index in [2.05, 4.69) is 39.9 Å². The second-order valence-electron chi connectivity index (χ2n) is 9.30. The molecule has 1 atom stereocenters. The smallest absolute Gasteiger partial charge is 0.315 e. The Morgan fingerprint density at radius 3 is 2.53 bits per heavy atom. The molecule has 1 fully saturated rings. The van der Waals surface area contributed by atoms with Gasteiger partial charge in [-0.15, -0.1) is 0 Å². The largest absolute Gasteiger partial charge is 0.430 e. The number of carbonyl (C=O) groups is 1. The zero-order chi connectivity index (χ0) is 25.4. The van der Waals surface area contributed by atoms with Crippen LogP contribution in [0.15, 0.2) is 59.1 Å². The number of rotatable bonds is 5. The minimum Gasteiger partial charge on any atom is -0.430 e. The highest BCUT2D eigenvalue weighted by atomic mass is 16.4. The van der Waals surface area contributed by atoms with Gasteiger partial charge in [-0.25, -0.2) is 9.97 Å². The zero-order valence-electron chi connectivity index (χ0n) is 20.9. The Morgan fingerprint density at radius 1 is 1.14 bits per heavy atom. The monoisotopic (exact) mass is 480 g/mol. The van der Waals surface area contributed by atoms with Crippen LogP contribution in [0.4, 0.5) is 11.5 Å². The molecule has 4 aromatic rings. The number of carbonyl (C=O) groups excluding carboxylic acids is 1. The molecule has 1 saturated heterocycles. The van der Waals surface area contributed by atoms with Crippen LogP contribution in [-0.2, 0) is 0 Å². The maximum absolute atomic E-state index is 13.4. The molecular formula is C28H28N6O2. The minimum absolute atomic E-state index is 0.0659. The first-order chi connectivity index (χ1) is 17.4. The lowest BCUT2D eigenvalue weighted by molar-refractivity contribution is 0.0961. The number of nitrogens with zero attached hydrogens (tertiary/aromatic N) is 6. The lowest BCUT2D eigenvalue weighted by atomic mass is 9.93. The van der Waals surface area contributed by atoms with Crippen molar-refractivity contribution in [3.63, 3.8) is 0 Å². The maximum atomic E-state index is 13.4. The standard InChI is InChI=1S/C28H28N6O2/c1-18-21(16-29)24-26(36-27(31-24)28(35)33(4)22-12-8-9-14-30-22)25(23(18)19-10-6-5-7-11-19)34-15-13-20(17-34)32(2)3/h5-12,14,20H,13,15,17H2,1-4H3. The van der Waals surface area contributed by atoms with Crippen molar-refractivity contribution in [3.8, 4) is 17.2 Å². The van der Waals surface area contributed by atoms with Gasteiger partial charge in [0.25, 0.3) is 5.89 Å². The summed E-state index contributed by atoms with van der Waals surface area (Å²) in [6.07, 6.45) is 2.63. The molecule has 8 heteroatoms. The van der Waals surface area contributed by atoms with Crippen LogP contribution in [0.5, 0.6) is 0 Å². The van der Waals surface area contributed by atoms with E-state index in [1.807, 2.05) is 43.3 Å². The Bertz CT molecular complexity index is 1460. The molecule has 3 heterocycles. The molecule has 36 heavy (non-hydrogen) atoms. The van der Waals surface area contributed by atoms with Gasteiger partial charge in [0.15, 0.2) is 5.58 Å². The first-order valence-electron chi connectivity index (χ1n) is 11.9. The molecule has 182 valence electrons. The minimum atomic E-state index is -0.425. The quantitative estimate of drug-likeness (QED) is 0.416. The zero-order valence-corrected chi connectivity index (χ0v) is 20.9. The fourth-order valence-electron chi connectivity index (χ4n) is 4.90. The van der Waals surface area contributed by atoms with Crippen LogP contribution in [0.2, 0.25) is 0 Å². The van der Waals surface area contributed by atoms with E-state index in [9.17, 15) is 10.1 Å². The molecule has 0 bridgehead atoms. The summed E-state index contributed by atoms with van der Waals surface area (Å²) in [5.74, 6) is -0.00451. The summed E-state index contributed by atoms with van der Waals surface area (Å²) in [4.78, 5) is 28.1. The van der Waals surface area contributed by atoms with Crippen molar-refractivity contribution in [3.05, 3.63) is 71.7 Å². The second-order valence-corrected chi connectivity index (χ2v) is 9.30. The predicted octanol–water partition coefficient (Wildman–Crippen LogP) is 4.49. The number of anilines is 2. The van der Waals surface area contributed by atoms with Crippen LogP contribution >= 0.6 is 0 Å². The number of pyridine rings is 1. The van der Waals surface area contributed by atoms with Gasteiger partial charge in [0.1, 0.15) is 17.4 Å². The number of hydrogen-bond donors (Lipinski definition) is 0. The number of benzene rings is 2. The fraction of sp³-hybridized carbons (Fsp3) is 0.286. The van der Waals surface area contributed by atoms with E-state index >= 15 is 0 Å². The normalized spacial score (nSPS) is 15.4.